The van der Waals surface area contributed by atoms with Gasteiger partial charge < -0.3 is 4.74 Å². The van der Waals surface area contributed by atoms with Gasteiger partial charge in [0, 0.05) is 7.05 Å². The normalized spacial score (nSPS) is 18.5. The SMILES string of the molecule is Cn1c(=O)n(CC2CO2)c(=O)c2ccccc21. The van der Waals surface area contributed by atoms with Crippen LogP contribution in [0.5, 0.6) is 0 Å². The van der Waals surface area contributed by atoms with Crippen molar-refractivity contribution in [1.82, 2.24) is 9.13 Å². The Hall–Kier alpha value is -1.88. The fourth-order valence-electron chi connectivity index (χ4n) is 2.00. The summed E-state index contributed by atoms with van der Waals surface area (Å²) in [7, 11) is 1.67. The number of rotatable bonds is 2. The first-order chi connectivity index (χ1) is 8.18. The van der Waals surface area contributed by atoms with Crippen molar-refractivity contribution in [3.63, 3.8) is 0 Å². The zero-order chi connectivity index (χ0) is 12.0. The number of aryl methyl sites for hydroxylation is 1. The highest BCUT2D eigenvalue weighted by molar-refractivity contribution is 5.77. The van der Waals surface area contributed by atoms with Crippen molar-refractivity contribution in [2.45, 2.75) is 12.6 Å². The van der Waals surface area contributed by atoms with Crippen molar-refractivity contribution in [3.8, 4) is 0 Å². The number of hydrogen-bond acceptors (Lipinski definition) is 3. The third-order valence-electron chi connectivity index (χ3n) is 3.05. The predicted molar refractivity (Wildman–Crippen MR) is 63.2 cm³/mol. The van der Waals surface area contributed by atoms with Gasteiger partial charge in [-0.2, -0.15) is 0 Å². The summed E-state index contributed by atoms with van der Waals surface area (Å²) < 4.78 is 7.82. The summed E-state index contributed by atoms with van der Waals surface area (Å²) in [6, 6.07) is 7.12. The Bertz CT molecular complexity index is 695. The van der Waals surface area contributed by atoms with Gasteiger partial charge in [-0.25, -0.2) is 4.79 Å². The third-order valence-corrected chi connectivity index (χ3v) is 3.05. The highest BCUT2D eigenvalue weighted by atomic mass is 16.6. The molecule has 2 aromatic rings. The lowest BCUT2D eigenvalue weighted by Crippen LogP contribution is -2.40. The van der Waals surface area contributed by atoms with Crippen LogP contribution in [0, 0.1) is 0 Å². The van der Waals surface area contributed by atoms with Crippen LogP contribution in [0.15, 0.2) is 33.9 Å². The van der Waals surface area contributed by atoms with Gasteiger partial charge in [0.2, 0.25) is 0 Å². The molecular formula is C12H12N2O3. The van der Waals surface area contributed by atoms with Crippen molar-refractivity contribution in [1.29, 1.82) is 0 Å². The molecular weight excluding hydrogens is 220 g/mol. The van der Waals surface area contributed by atoms with Gasteiger partial charge >= 0.3 is 5.69 Å². The predicted octanol–water partition coefficient (Wildman–Crippen LogP) is 0.0990. The average molecular weight is 232 g/mol. The number of ether oxygens (including phenoxy) is 1. The number of aromatic nitrogens is 2. The van der Waals surface area contributed by atoms with Crippen LogP contribution in [0.3, 0.4) is 0 Å². The van der Waals surface area contributed by atoms with Crippen molar-refractivity contribution < 1.29 is 4.74 Å². The van der Waals surface area contributed by atoms with Gasteiger partial charge in [0.15, 0.2) is 0 Å². The molecule has 0 N–H and O–H groups in total. The van der Waals surface area contributed by atoms with Crippen LogP contribution in [0.1, 0.15) is 0 Å². The maximum Gasteiger partial charge on any atom is 0.331 e. The van der Waals surface area contributed by atoms with Gasteiger partial charge in [-0.05, 0) is 12.1 Å². The van der Waals surface area contributed by atoms with E-state index in [2.05, 4.69) is 0 Å². The molecule has 1 aromatic carbocycles. The van der Waals surface area contributed by atoms with E-state index in [1.165, 1.54) is 9.13 Å². The smallest absolute Gasteiger partial charge is 0.331 e. The minimum atomic E-state index is -0.288. The number of para-hydroxylation sites is 1. The molecule has 0 spiro atoms. The second kappa shape index (κ2) is 3.56. The van der Waals surface area contributed by atoms with Crippen LogP contribution in [-0.2, 0) is 18.3 Å². The molecule has 1 fully saturated rings. The highest BCUT2D eigenvalue weighted by Gasteiger charge is 2.25. The van der Waals surface area contributed by atoms with Gasteiger partial charge in [0.25, 0.3) is 5.56 Å². The zero-order valence-electron chi connectivity index (χ0n) is 9.42. The zero-order valence-corrected chi connectivity index (χ0v) is 9.42. The maximum atomic E-state index is 12.2. The monoisotopic (exact) mass is 232 g/mol. The van der Waals surface area contributed by atoms with Gasteiger partial charge in [0.05, 0.1) is 30.2 Å². The molecule has 1 aromatic heterocycles. The Morgan fingerprint density at radius 3 is 2.76 bits per heavy atom. The largest absolute Gasteiger partial charge is 0.371 e. The first-order valence-corrected chi connectivity index (χ1v) is 5.48. The first kappa shape index (κ1) is 10.3. The van der Waals surface area contributed by atoms with E-state index in [1.807, 2.05) is 6.07 Å². The van der Waals surface area contributed by atoms with Gasteiger partial charge in [0.1, 0.15) is 0 Å². The first-order valence-electron chi connectivity index (χ1n) is 5.48. The molecule has 3 rings (SSSR count). The highest BCUT2D eigenvalue weighted by Crippen LogP contribution is 2.11. The van der Waals surface area contributed by atoms with E-state index in [0.717, 1.165) is 0 Å². The third kappa shape index (κ3) is 1.59. The Morgan fingerprint density at radius 2 is 2.06 bits per heavy atom. The average Bonchev–Trinajstić information content (AvgIpc) is 3.16. The quantitative estimate of drug-likeness (QED) is 0.690. The Balaban J connectivity index is 2.35. The molecule has 17 heavy (non-hydrogen) atoms. The second-order valence-electron chi connectivity index (χ2n) is 4.23. The van der Waals surface area contributed by atoms with E-state index < -0.39 is 0 Å². The second-order valence-corrected chi connectivity index (χ2v) is 4.23. The van der Waals surface area contributed by atoms with E-state index >= 15 is 0 Å². The summed E-state index contributed by atoms with van der Waals surface area (Å²) in [6.45, 7) is 0.971. The fourth-order valence-corrected chi connectivity index (χ4v) is 2.00. The lowest BCUT2D eigenvalue weighted by atomic mass is 10.2. The van der Waals surface area contributed by atoms with Gasteiger partial charge in [-0.15, -0.1) is 0 Å². The lowest BCUT2D eigenvalue weighted by Gasteiger charge is -2.09. The Morgan fingerprint density at radius 1 is 1.35 bits per heavy atom. The summed E-state index contributed by atoms with van der Waals surface area (Å²) in [5.41, 5.74) is 0.138. The Labute approximate surface area is 96.9 Å². The lowest BCUT2D eigenvalue weighted by molar-refractivity contribution is 0.375. The molecule has 1 aliphatic rings. The fraction of sp³-hybridized carbons (Fsp3) is 0.333. The van der Waals surface area contributed by atoms with Crippen LogP contribution in [-0.4, -0.2) is 21.8 Å². The van der Waals surface area contributed by atoms with Crippen molar-refractivity contribution >= 4 is 10.9 Å². The topological polar surface area (TPSA) is 56.5 Å². The molecule has 0 saturated carbocycles. The molecule has 1 saturated heterocycles. The summed E-state index contributed by atoms with van der Waals surface area (Å²) in [5.74, 6) is 0. The van der Waals surface area contributed by atoms with E-state index in [9.17, 15) is 9.59 Å². The van der Waals surface area contributed by atoms with Crippen molar-refractivity contribution in [2.24, 2.45) is 7.05 Å². The minimum Gasteiger partial charge on any atom is -0.371 e. The van der Waals surface area contributed by atoms with Crippen LogP contribution >= 0.6 is 0 Å². The molecule has 1 atom stereocenters. The van der Waals surface area contributed by atoms with Crippen LogP contribution in [0.25, 0.3) is 10.9 Å². The maximum absolute atomic E-state index is 12.2. The number of fused-ring (bicyclic) bond motifs is 1. The molecule has 1 aliphatic heterocycles. The Kier molecular flexibility index (Phi) is 2.16. The summed E-state index contributed by atoms with van der Waals surface area (Å²) in [6.07, 6.45) is 0.0153. The summed E-state index contributed by atoms with van der Waals surface area (Å²) in [4.78, 5) is 24.2. The molecule has 0 bridgehead atoms. The molecule has 88 valence electrons. The van der Waals surface area contributed by atoms with Crippen LogP contribution < -0.4 is 11.2 Å². The van der Waals surface area contributed by atoms with E-state index in [0.29, 0.717) is 24.1 Å². The number of hydrogen-bond donors (Lipinski definition) is 0. The summed E-state index contributed by atoms with van der Waals surface area (Å²) >= 11 is 0. The van der Waals surface area contributed by atoms with Gasteiger partial charge in [-0.3, -0.25) is 13.9 Å². The molecule has 2 heterocycles. The molecule has 0 amide bonds. The van der Waals surface area contributed by atoms with E-state index in [4.69, 9.17) is 4.74 Å². The number of nitrogens with zero attached hydrogens (tertiary/aromatic N) is 2. The molecule has 0 radical (unpaired) electrons. The molecule has 5 nitrogen and oxygen atoms in total. The molecule has 0 aliphatic carbocycles. The van der Waals surface area contributed by atoms with Crippen LogP contribution in [0.4, 0.5) is 0 Å². The molecule has 5 heteroatoms. The summed E-state index contributed by atoms with van der Waals surface area (Å²) in [5, 5.41) is 0.565. The number of epoxide rings is 1. The standard InChI is InChI=1S/C12H12N2O3/c1-13-10-5-3-2-4-9(10)11(15)14(12(13)16)6-8-7-17-8/h2-5,8H,6-7H2,1H3. The van der Waals surface area contributed by atoms with E-state index in [1.54, 1.807) is 25.2 Å². The van der Waals surface area contributed by atoms with Crippen molar-refractivity contribution in [3.05, 3.63) is 45.1 Å². The van der Waals surface area contributed by atoms with Crippen LogP contribution in [0.2, 0.25) is 0 Å². The molecule has 1 unspecified atom stereocenters. The number of benzene rings is 1. The minimum absolute atomic E-state index is 0.0153. The van der Waals surface area contributed by atoms with E-state index in [-0.39, 0.29) is 17.4 Å². The van der Waals surface area contributed by atoms with Gasteiger partial charge in [-0.1, -0.05) is 12.1 Å². The van der Waals surface area contributed by atoms with Crippen molar-refractivity contribution in [2.75, 3.05) is 6.61 Å².